The van der Waals surface area contributed by atoms with Crippen LogP contribution >= 0.6 is 0 Å². The van der Waals surface area contributed by atoms with Crippen LogP contribution in [0.1, 0.15) is 28.9 Å². The van der Waals surface area contributed by atoms with Crippen LogP contribution in [0.3, 0.4) is 0 Å². The van der Waals surface area contributed by atoms with Gasteiger partial charge in [-0.25, -0.2) is 0 Å². The highest BCUT2D eigenvalue weighted by Crippen LogP contribution is 2.23. The minimum Gasteiger partial charge on any atom is -0.385 e. The molecule has 1 aliphatic heterocycles. The first-order chi connectivity index (χ1) is 10.2. The molecule has 0 atom stereocenters. The van der Waals surface area contributed by atoms with Crippen LogP contribution in [0.25, 0.3) is 0 Å². The Bertz CT molecular complexity index is 622. The average Bonchev–Trinajstić information content (AvgIpc) is 2.47. The highest BCUT2D eigenvalue weighted by molar-refractivity contribution is 5.54. The Kier molecular flexibility index (Phi) is 4.20. The van der Waals surface area contributed by atoms with Gasteiger partial charge in [0.25, 0.3) is 0 Å². The number of aryl methyl sites for hydroxylation is 2. The highest BCUT2D eigenvalue weighted by Gasteiger charge is 2.10. The standard InChI is InChI=1S/C18H23N3/c1-14-5-3-7-17(20-14)13-21(2)12-15-8-9-18-16(11-15)6-4-10-19-18/h3,5,7-9,11,19H,4,6,10,12-13H2,1-2H3. The van der Waals surface area contributed by atoms with Gasteiger partial charge >= 0.3 is 0 Å². The summed E-state index contributed by atoms with van der Waals surface area (Å²) in [6, 6.07) is 13.0. The van der Waals surface area contributed by atoms with Crippen LogP contribution in [-0.2, 0) is 19.5 Å². The molecule has 0 saturated heterocycles. The molecular formula is C18H23N3. The lowest BCUT2D eigenvalue weighted by atomic mass is 10.0. The summed E-state index contributed by atoms with van der Waals surface area (Å²) in [4.78, 5) is 6.89. The summed E-state index contributed by atoms with van der Waals surface area (Å²) in [6.07, 6.45) is 2.43. The lowest BCUT2D eigenvalue weighted by molar-refractivity contribution is 0.315. The molecule has 1 aliphatic rings. The number of pyridine rings is 1. The van der Waals surface area contributed by atoms with Gasteiger partial charge in [-0.05, 0) is 56.1 Å². The molecule has 1 aromatic heterocycles. The molecule has 110 valence electrons. The fourth-order valence-corrected chi connectivity index (χ4v) is 2.96. The number of aromatic nitrogens is 1. The summed E-state index contributed by atoms with van der Waals surface area (Å²) in [7, 11) is 2.15. The van der Waals surface area contributed by atoms with Crippen molar-refractivity contribution in [2.75, 3.05) is 18.9 Å². The third-order valence-electron chi connectivity index (χ3n) is 3.94. The predicted octanol–water partition coefficient (Wildman–Crippen LogP) is 3.38. The summed E-state index contributed by atoms with van der Waals surface area (Å²) in [5, 5.41) is 3.47. The molecule has 0 amide bonds. The Hall–Kier alpha value is -1.87. The second-order valence-corrected chi connectivity index (χ2v) is 5.96. The summed E-state index contributed by atoms with van der Waals surface area (Å²) in [5.41, 5.74) is 6.37. The Labute approximate surface area is 127 Å². The van der Waals surface area contributed by atoms with Gasteiger partial charge in [-0.3, -0.25) is 9.88 Å². The number of hydrogen-bond acceptors (Lipinski definition) is 3. The molecule has 1 N–H and O–H groups in total. The van der Waals surface area contributed by atoms with E-state index in [1.54, 1.807) is 0 Å². The van der Waals surface area contributed by atoms with Crippen LogP contribution in [0.2, 0.25) is 0 Å². The molecular weight excluding hydrogens is 258 g/mol. The van der Waals surface area contributed by atoms with Crippen molar-refractivity contribution >= 4 is 5.69 Å². The van der Waals surface area contributed by atoms with Crippen molar-refractivity contribution in [3.05, 3.63) is 58.9 Å². The summed E-state index contributed by atoms with van der Waals surface area (Å²) in [6.45, 7) is 4.99. The molecule has 0 radical (unpaired) electrons. The number of benzene rings is 1. The summed E-state index contributed by atoms with van der Waals surface area (Å²) >= 11 is 0. The van der Waals surface area contributed by atoms with Crippen LogP contribution in [-0.4, -0.2) is 23.5 Å². The van der Waals surface area contributed by atoms with Crippen molar-refractivity contribution in [3.8, 4) is 0 Å². The zero-order valence-electron chi connectivity index (χ0n) is 12.9. The van der Waals surface area contributed by atoms with E-state index in [9.17, 15) is 0 Å². The molecule has 3 heteroatoms. The molecule has 0 fully saturated rings. The van der Waals surface area contributed by atoms with Crippen molar-refractivity contribution < 1.29 is 0 Å². The van der Waals surface area contributed by atoms with Crippen LogP contribution in [0.15, 0.2) is 36.4 Å². The molecule has 0 aliphatic carbocycles. The van der Waals surface area contributed by atoms with Crippen molar-refractivity contribution in [1.29, 1.82) is 0 Å². The van der Waals surface area contributed by atoms with E-state index < -0.39 is 0 Å². The number of anilines is 1. The molecule has 1 aromatic carbocycles. The van der Waals surface area contributed by atoms with E-state index in [0.29, 0.717) is 0 Å². The SMILES string of the molecule is Cc1cccc(CN(C)Cc2ccc3c(c2)CCCN3)n1. The number of rotatable bonds is 4. The molecule has 21 heavy (non-hydrogen) atoms. The van der Waals surface area contributed by atoms with Gasteiger partial charge in [0, 0.05) is 31.0 Å². The smallest absolute Gasteiger partial charge is 0.0547 e. The van der Waals surface area contributed by atoms with Gasteiger partial charge in [0.2, 0.25) is 0 Å². The van der Waals surface area contributed by atoms with Gasteiger partial charge in [0.05, 0.1) is 5.69 Å². The maximum absolute atomic E-state index is 4.57. The van der Waals surface area contributed by atoms with E-state index >= 15 is 0 Å². The molecule has 2 aromatic rings. The van der Waals surface area contributed by atoms with E-state index in [-0.39, 0.29) is 0 Å². The van der Waals surface area contributed by atoms with Crippen molar-refractivity contribution in [1.82, 2.24) is 9.88 Å². The lowest BCUT2D eigenvalue weighted by Crippen LogP contribution is -2.19. The second kappa shape index (κ2) is 6.27. The predicted molar refractivity (Wildman–Crippen MR) is 87.4 cm³/mol. The van der Waals surface area contributed by atoms with Crippen molar-refractivity contribution in [2.45, 2.75) is 32.9 Å². The van der Waals surface area contributed by atoms with E-state index in [1.165, 1.54) is 29.7 Å². The summed E-state index contributed by atoms with van der Waals surface area (Å²) < 4.78 is 0. The van der Waals surface area contributed by atoms with E-state index in [4.69, 9.17) is 0 Å². The highest BCUT2D eigenvalue weighted by atomic mass is 15.1. The van der Waals surface area contributed by atoms with Gasteiger partial charge in [-0.2, -0.15) is 0 Å². The number of hydrogen-bond donors (Lipinski definition) is 1. The topological polar surface area (TPSA) is 28.2 Å². The third-order valence-corrected chi connectivity index (χ3v) is 3.94. The third kappa shape index (κ3) is 3.61. The number of nitrogens with zero attached hydrogens (tertiary/aromatic N) is 2. The maximum Gasteiger partial charge on any atom is 0.0547 e. The average molecular weight is 281 g/mol. The van der Waals surface area contributed by atoms with Crippen molar-refractivity contribution in [3.63, 3.8) is 0 Å². The molecule has 0 spiro atoms. The van der Waals surface area contributed by atoms with Gasteiger partial charge in [0.1, 0.15) is 0 Å². The fourth-order valence-electron chi connectivity index (χ4n) is 2.96. The van der Waals surface area contributed by atoms with Gasteiger partial charge in [-0.15, -0.1) is 0 Å². The summed E-state index contributed by atoms with van der Waals surface area (Å²) in [5.74, 6) is 0. The minimum atomic E-state index is 0.886. The first kappa shape index (κ1) is 14.1. The first-order valence-corrected chi connectivity index (χ1v) is 7.67. The lowest BCUT2D eigenvalue weighted by Gasteiger charge is -2.21. The zero-order chi connectivity index (χ0) is 14.7. The van der Waals surface area contributed by atoms with Gasteiger partial charge < -0.3 is 5.32 Å². The molecule has 2 heterocycles. The Balaban J connectivity index is 1.65. The quantitative estimate of drug-likeness (QED) is 0.931. The first-order valence-electron chi connectivity index (χ1n) is 7.67. The second-order valence-electron chi connectivity index (χ2n) is 5.96. The van der Waals surface area contributed by atoms with Gasteiger partial charge in [0.15, 0.2) is 0 Å². The number of nitrogens with one attached hydrogen (secondary N) is 1. The Morgan fingerprint density at radius 1 is 1.19 bits per heavy atom. The van der Waals surface area contributed by atoms with Crippen molar-refractivity contribution in [2.24, 2.45) is 0 Å². The normalized spacial score (nSPS) is 13.9. The maximum atomic E-state index is 4.57. The Morgan fingerprint density at radius 3 is 2.95 bits per heavy atom. The van der Waals surface area contributed by atoms with Crippen LogP contribution in [0, 0.1) is 6.92 Å². The zero-order valence-corrected chi connectivity index (χ0v) is 12.9. The van der Waals surface area contributed by atoms with Crippen LogP contribution in [0.5, 0.6) is 0 Å². The Morgan fingerprint density at radius 2 is 2.10 bits per heavy atom. The fraction of sp³-hybridized carbons (Fsp3) is 0.389. The van der Waals surface area contributed by atoms with E-state index in [2.05, 4.69) is 52.6 Å². The molecule has 0 saturated carbocycles. The van der Waals surface area contributed by atoms with Crippen LogP contribution in [0.4, 0.5) is 5.69 Å². The minimum absolute atomic E-state index is 0.886. The van der Waals surface area contributed by atoms with Gasteiger partial charge in [-0.1, -0.05) is 18.2 Å². The molecule has 0 unspecified atom stereocenters. The van der Waals surface area contributed by atoms with E-state index in [1.807, 2.05) is 13.0 Å². The van der Waals surface area contributed by atoms with E-state index in [0.717, 1.165) is 31.0 Å². The van der Waals surface area contributed by atoms with Crippen LogP contribution < -0.4 is 5.32 Å². The molecule has 3 rings (SSSR count). The monoisotopic (exact) mass is 281 g/mol. The molecule has 0 bridgehead atoms. The largest absolute Gasteiger partial charge is 0.385 e. The number of fused-ring (bicyclic) bond motifs is 1. The molecule has 3 nitrogen and oxygen atoms in total.